The van der Waals surface area contributed by atoms with Crippen LogP contribution in [-0.2, 0) is 11.2 Å². The second-order valence-corrected chi connectivity index (χ2v) is 8.27. The summed E-state index contributed by atoms with van der Waals surface area (Å²) in [4.78, 5) is 21.9. The van der Waals surface area contributed by atoms with Crippen molar-refractivity contribution < 1.29 is 9.21 Å². The van der Waals surface area contributed by atoms with Crippen LogP contribution in [0.2, 0.25) is 0 Å². The van der Waals surface area contributed by atoms with Gasteiger partial charge < -0.3 is 9.73 Å². The number of nitrogens with zero attached hydrogens (tertiary/aromatic N) is 2. The summed E-state index contributed by atoms with van der Waals surface area (Å²) < 4.78 is 6.49. The van der Waals surface area contributed by atoms with Gasteiger partial charge in [-0.25, -0.2) is 9.97 Å². The van der Waals surface area contributed by atoms with E-state index in [9.17, 15) is 4.79 Å². The molecule has 0 aliphatic heterocycles. The van der Waals surface area contributed by atoms with Crippen LogP contribution < -0.4 is 5.32 Å². The van der Waals surface area contributed by atoms with E-state index in [1.165, 1.54) is 11.3 Å². The van der Waals surface area contributed by atoms with Crippen molar-refractivity contribution in [3.05, 3.63) is 78.0 Å². The van der Waals surface area contributed by atoms with Gasteiger partial charge in [-0.3, -0.25) is 4.79 Å². The Balaban J connectivity index is 1.36. The molecular weight excluding hydrogens is 402 g/mol. The lowest BCUT2D eigenvalue weighted by Gasteiger charge is -2.08. The van der Waals surface area contributed by atoms with Gasteiger partial charge in [0.05, 0.1) is 34.3 Å². The Hall–Kier alpha value is -3.29. The molecule has 5 rings (SSSR count). The van der Waals surface area contributed by atoms with Gasteiger partial charge in [-0.1, -0.05) is 24.3 Å². The van der Waals surface area contributed by atoms with Gasteiger partial charge in [-0.15, -0.1) is 22.7 Å². The minimum Gasteiger partial charge on any atom is -0.462 e. The van der Waals surface area contributed by atoms with E-state index in [-0.39, 0.29) is 12.3 Å². The number of rotatable bonds is 5. The highest BCUT2D eigenvalue weighted by atomic mass is 32.1. The highest BCUT2D eigenvalue weighted by Crippen LogP contribution is 2.34. The Morgan fingerprint density at radius 3 is 2.69 bits per heavy atom. The molecule has 0 atom stereocenters. The smallest absolute Gasteiger partial charge is 0.230 e. The number of aromatic nitrogens is 2. The lowest BCUT2D eigenvalue weighted by molar-refractivity contribution is -0.115. The van der Waals surface area contributed by atoms with Crippen molar-refractivity contribution in [3.8, 4) is 21.3 Å². The quantitative estimate of drug-likeness (QED) is 0.389. The second-order valence-electron chi connectivity index (χ2n) is 6.38. The van der Waals surface area contributed by atoms with Gasteiger partial charge in [0, 0.05) is 10.9 Å². The number of hydrogen-bond donors (Lipinski definition) is 1. The number of thiazole rings is 2. The highest BCUT2D eigenvalue weighted by molar-refractivity contribution is 7.21. The Morgan fingerprint density at radius 1 is 0.966 bits per heavy atom. The molecule has 142 valence electrons. The number of benzene rings is 2. The average Bonchev–Trinajstić information content (AvgIpc) is 3.48. The van der Waals surface area contributed by atoms with Crippen LogP contribution in [0.25, 0.3) is 31.6 Å². The third kappa shape index (κ3) is 3.70. The molecule has 0 saturated heterocycles. The number of furan rings is 1. The van der Waals surface area contributed by atoms with E-state index in [4.69, 9.17) is 9.40 Å². The van der Waals surface area contributed by atoms with Gasteiger partial charge >= 0.3 is 0 Å². The van der Waals surface area contributed by atoms with Crippen LogP contribution in [-0.4, -0.2) is 15.9 Å². The zero-order valence-corrected chi connectivity index (χ0v) is 16.8. The predicted octanol–water partition coefficient (Wildman–Crippen LogP) is 5.86. The Kier molecular flexibility index (Phi) is 4.67. The van der Waals surface area contributed by atoms with Crippen molar-refractivity contribution in [2.24, 2.45) is 0 Å². The van der Waals surface area contributed by atoms with Crippen LogP contribution >= 0.6 is 22.7 Å². The monoisotopic (exact) mass is 417 g/mol. The third-order valence-corrected chi connectivity index (χ3v) is 6.33. The molecule has 0 aliphatic carbocycles. The standard InChI is InChI=1S/C22H15N3O2S2/c26-20(12-14-13-28-22(23-14)18-9-5-11-27-18)24-16-7-2-1-6-15(16)21-25-17-8-3-4-10-19(17)29-21/h1-11,13H,12H2,(H,24,26). The van der Waals surface area contributed by atoms with Crippen LogP contribution in [0.15, 0.2) is 76.7 Å². The summed E-state index contributed by atoms with van der Waals surface area (Å²) in [5.41, 5.74) is 3.34. The molecule has 3 aromatic heterocycles. The predicted molar refractivity (Wildman–Crippen MR) is 117 cm³/mol. The van der Waals surface area contributed by atoms with Crippen molar-refractivity contribution >= 4 is 44.5 Å². The largest absolute Gasteiger partial charge is 0.462 e. The molecule has 5 nitrogen and oxygen atoms in total. The van der Waals surface area contributed by atoms with Gasteiger partial charge in [0.15, 0.2) is 10.8 Å². The van der Waals surface area contributed by atoms with Crippen LogP contribution in [0.1, 0.15) is 5.69 Å². The summed E-state index contributed by atoms with van der Waals surface area (Å²) in [6, 6.07) is 19.4. The van der Waals surface area contributed by atoms with Crippen LogP contribution in [0, 0.1) is 0 Å². The van der Waals surface area contributed by atoms with E-state index in [1.807, 2.05) is 60.0 Å². The summed E-state index contributed by atoms with van der Waals surface area (Å²) in [6.45, 7) is 0. The van der Waals surface area contributed by atoms with Gasteiger partial charge in [0.2, 0.25) is 5.91 Å². The molecule has 3 heterocycles. The number of nitrogens with one attached hydrogen (secondary N) is 1. The number of carbonyl (C=O) groups excluding carboxylic acids is 1. The molecule has 0 bridgehead atoms. The molecule has 5 aromatic rings. The van der Waals surface area contributed by atoms with E-state index in [1.54, 1.807) is 17.6 Å². The summed E-state index contributed by atoms with van der Waals surface area (Å²) in [6.07, 6.45) is 1.81. The highest BCUT2D eigenvalue weighted by Gasteiger charge is 2.14. The maximum atomic E-state index is 12.6. The van der Waals surface area contributed by atoms with Gasteiger partial charge in [-0.2, -0.15) is 0 Å². The van der Waals surface area contributed by atoms with Crippen LogP contribution in [0.3, 0.4) is 0 Å². The third-order valence-electron chi connectivity index (χ3n) is 4.35. The van der Waals surface area contributed by atoms with Crippen molar-refractivity contribution in [1.82, 2.24) is 9.97 Å². The molecule has 0 spiro atoms. The molecule has 1 N–H and O–H groups in total. The topological polar surface area (TPSA) is 68.0 Å². The molecule has 2 aromatic carbocycles. The maximum Gasteiger partial charge on any atom is 0.230 e. The maximum absolute atomic E-state index is 12.6. The lowest BCUT2D eigenvalue weighted by Crippen LogP contribution is -2.15. The number of fused-ring (bicyclic) bond motifs is 1. The fourth-order valence-corrected chi connectivity index (χ4v) is 4.82. The molecule has 7 heteroatoms. The van der Waals surface area contributed by atoms with Crippen molar-refractivity contribution in [3.63, 3.8) is 0 Å². The van der Waals surface area contributed by atoms with Gasteiger partial charge in [-0.05, 0) is 36.4 Å². The fourth-order valence-electron chi connectivity index (χ4n) is 3.03. The van der Waals surface area contributed by atoms with Crippen LogP contribution in [0.4, 0.5) is 5.69 Å². The first-order valence-corrected chi connectivity index (χ1v) is 10.7. The van der Waals surface area contributed by atoms with E-state index in [2.05, 4.69) is 16.4 Å². The second kappa shape index (κ2) is 7.62. The van der Waals surface area contributed by atoms with Crippen molar-refractivity contribution in [1.29, 1.82) is 0 Å². The summed E-state index contributed by atoms with van der Waals surface area (Å²) >= 11 is 3.08. The summed E-state index contributed by atoms with van der Waals surface area (Å²) in [5.74, 6) is 0.595. The molecule has 0 fully saturated rings. The molecule has 29 heavy (non-hydrogen) atoms. The number of amides is 1. The summed E-state index contributed by atoms with van der Waals surface area (Å²) in [5, 5.41) is 6.56. The Labute approximate surface area is 174 Å². The number of anilines is 1. The minimum absolute atomic E-state index is 0.116. The number of para-hydroxylation sites is 2. The lowest BCUT2D eigenvalue weighted by atomic mass is 10.1. The zero-order valence-electron chi connectivity index (χ0n) is 15.2. The van der Waals surface area contributed by atoms with Crippen molar-refractivity contribution in [2.75, 3.05) is 5.32 Å². The average molecular weight is 418 g/mol. The molecule has 0 saturated carbocycles. The Bertz CT molecular complexity index is 1260. The molecule has 0 unspecified atom stereocenters. The van der Waals surface area contributed by atoms with Gasteiger partial charge in [0.1, 0.15) is 5.01 Å². The van der Waals surface area contributed by atoms with E-state index < -0.39 is 0 Å². The first kappa shape index (κ1) is 17.8. The first-order chi connectivity index (χ1) is 14.3. The first-order valence-electron chi connectivity index (χ1n) is 8.99. The summed E-state index contributed by atoms with van der Waals surface area (Å²) in [7, 11) is 0. The minimum atomic E-state index is -0.116. The molecule has 0 radical (unpaired) electrons. The van der Waals surface area contributed by atoms with E-state index >= 15 is 0 Å². The molecule has 0 aliphatic rings. The normalized spacial score (nSPS) is 11.0. The zero-order chi connectivity index (χ0) is 19.6. The molecule has 1 amide bonds. The number of carbonyl (C=O) groups is 1. The van der Waals surface area contributed by atoms with Crippen molar-refractivity contribution in [2.45, 2.75) is 6.42 Å². The van der Waals surface area contributed by atoms with E-state index in [0.29, 0.717) is 5.76 Å². The number of hydrogen-bond acceptors (Lipinski definition) is 6. The van der Waals surface area contributed by atoms with E-state index in [0.717, 1.165) is 37.2 Å². The fraction of sp³-hybridized carbons (Fsp3) is 0.0455. The van der Waals surface area contributed by atoms with Crippen LogP contribution in [0.5, 0.6) is 0 Å². The Morgan fingerprint density at radius 2 is 1.83 bits per heavy atom. The molecular formula is C22H15N3O2S2. The SMILES string of the molecule is O=C(Cc1csc(-c2ccco2)n1)Nc1ccccc1-c1nc2ccccc2s1. The van der Waals surface area contributed by atoms with Gasteiger partial charge in [0.25, 0.3) is 0 Å².